The maximum Gasteiger partial charge on any atom is 0.472 e. The highest BCUT2D eigenvalue weighted by atomic mass is 31.2. The van der Waals surface area contributed by atoms with E-state index in [-0.39, 0.29) is 19.4 Å². The fourth-order valence-electron chi connectivity index (χ4n) is 6.61. The molecule has 0 aromatic heterocycles. The van der Waals surface area contributed by atoms with Crippen molar-refractivity contribution in [1.82, 2.24) is 0 Å². The minimum atomic E-state index is -5.14. The minimum Gasteiger partial charge on any atom is -0.462 e. The Labute approximate surface area is 371 Å². The molecule has 0 aromatic rings. The second-order valence-corrected chi connectivity index (χ2v) is 17.4. The molecule has 1 aliphatic rings. The fourth-order valence-corrected chi connectivity index (χ4v) is 7.58. The summed E-state index contributed by atoms with van der Waals surface area (Å²) in [6.07, 6.45) is 30.0. The average molecular weight is 901 g/mol. The van der Waals surface area contributed by atoms with Gasteiger partial charge in [0.25, 0.3) is 0 Å². The van der Waals surface area contributed by atoms with E-state index in [0.29, 0.717) is 19.3 Å². The third kappa shape index (κ3) is 29.8. The molecular weight excluding hydrogens is 819 g/mol. The first-order chi connectivity index (χ1) is 29.9. The van der Waals surface area contributed by atoms with Crippen molar-refractivity contribution in [2.75, 3.05) is 19.8 Å². The number of rotatable bonds is 38. The number of carbonyl (C=O) groups is 2. The lowest BCUT2D eigenvalue weighted by Crippen LogP contribution is -2.64. The summed E-state index contributed by atoms with van der Waals surface area (Å²) in [6.45, 7) is 1.24. The number of unbranched alkanes of at least 4 members (excludes halogenated alkanes) is 15. The Kier molecular flexibility index (Phi) is 35.1. The zero-order chi connectivity index (χ0) is 45.7. The van der Waals surface area contributed by atoms with E-state index < -0.39 is 75.7 Å². The molecule has 0 spiro atoms. The van der Waals surface area contributed by atoms with Crippen molar-refractivity contribution in [2.45, 2.75) is 204 Å². The maximum absolute atomic E-state index is 12.8. The smallest absolute Gasteiger partial charge is 0.462 e. The molecule has 62 heavy (non-hydrogen) atoms. The second-order valence-electron chi connectivity index (χ2n) is 16.0. The summed E-state index contributed by atoms with van der Waals surface area (Å²) in [4.78, 5) is 35.7. The zero-order valence-corrected chi connectivity index (χ0v) is 38.2. The summed E-state index contributed by atoms with van der Waals surface area (Å²) < 4.78 is 33.4. The Balaban J connectivity index is 2.50. The lowest BCUT2D eigenvalue weighted by molar-refractivity contribution is -0.220. The lowest BCUT2D eigenvalue weighted by Gasteiger charge is -2.41. The van der Waals surface area contributed by atoms with E-state index in [2.05, 4.69) is 55.5 Å². The summed E-state index contributed by atoms with van der Waals surface area (Å²) in [7, 11) is -5.14. The first kappa shape index (κ1) is 57.5. The maximum atomic E-state index is 12.8. The molecule has 358 valence electrons. The van der Waals surface area contributed by atoms with Crippen LogP contribution in [0.3, 0.4) is 0 Å². The molecule has 15 heteroatoms. The Hall–Kier alpha value is -2.49. The lowest BCUT2D eigenvalue weighted by atomic mass is 9.85. The van der Waals surface area contributed by atoms with E-state index >= 15 is 0 Å². The van der Waals surface area contributed by atoms with Gasteiger partial charge in [-0.1, -0.05) is 125 Å². The van der Waals surface area contributed by atoms with Gasteiger partial charge in [0, 0.05) is 19.4 Å². The quantitative estimate of drug-likeness (QED) is 0.0135. The Morgan fingerprint density at radius 2 is 0.952 bits per heavy atom. The van der Waals surface area contributed by atoms with Gasteiger partial charge in [-0.2, -0.15) is 0 Å². The molecule has 3 unspecified atom stereocenters. The van der Waals surface area contributed by atoms with Crippen LogP contribution in [0.2, 0.25) is 0 Å². The Bertz CT molecular complexity index is 1320. The molecule has 0 aliphatic heterocycles. The summed E-state index contributed by atoms with van der Waals surface area (Å²) >= 11 is 0. The number of ether oxygens (including phenoxy) is 2. The number of aliphatic hydroxyl groups excluding tert-OH is 6. The molecule has 8 atom stereocenters. The van der Waals surface area contributed by atoms with Crippen molar-refractivity contribution in [1.29, 1.82) is 0 Å². The van der Waals surface area contributed by atoms with Crippen LogP contribution < -0.4 is 0 Å². The molecule has 0 heterocycles. The number of phosphoric ester groups is 1. The van der Waals surface area contributed by atoms with Gasteiger partial charge in [0.05, 0.1) is 6.61 Å². The van der Waals surface area contributed by atoms with Gasteiger partial charge < -0.3 is 45.0 Å². The number of esters is 2. The van der Waals surface area contributed by atoms with Crippen molar-refractivity contribution in [2.24, 2.45) is 0 Å². The van der Waals surface area contributed by atoms with E-state index in [1.54, 1.807) is 0 Å². The van der Waals surface area contributed by atoms with Crippen LogP contribution >= 0.6 is 7.82 Å². The van der Waals surface area contributed by atoms with Crippen LogP contribution in [-0.2, 0) is 32.7 Å². The molecule has 7 N–H and O–H groups in total. The SMILES string of the molecule is CCCCCCCC/C=C\CCCCCCCC(=O)O[C@H](COC(=O)CCC/C=C\C/C=C\C/C=C\C/C=C\CCCCCO)COP(=O)(O)OC1[C@H](O)[C@H](O)C(O)[C@H](O)[C@H]1O. The summed E-state index contributed by atoms with van der Waals surface area (Å²) in [5.74, 6) is -1.19. The highest BCUT2D eigenvalue weighted by Crippen LogP contribution is 2.47. The molecule has 14 nitrogen and oxygen atoms in total. The van der Waals surface area contributed by atoms with Crippen LogP contribution in [-0.4, -0.2) is 110 Å². The molecule has 1 fully saturated rings. The van der Waals surface area contributed by atoms with E-state index in [4.69, 9.17) is 23.6 Å². The van der Waals surface area contributed by atoms with Gasteiger partial charge in [0.1, 0.15) is 43.2 Å². The Morgan fingerprint density at radius 1 is 0.532 bits per heavy atom. The van der Waals surface area contributed by atoms with Crippen molar-refractivity contribution in [3.8, 4) is 0 Å². The highest BCUT2D eigenvalue weighted by Gasteiger charge is 2.51. The van der Waals surface area contributed by atoms with Crippen LogP contribution in [0.25, 0.3) is 0 Å². The fraction of sp³-hybridized carbons (Fsp3) is 0.745. The molecule has 0 radical (unpaired) electrons. The van der Waals surface area contributed by atoms with Gasteiger partial charge in [-0.05, 0) is 83.5 Å². The van der Waals surface area contributed by atoms with Crippen molar-refractivity contribution >= 4 is 19.8 Å². The molecule has 1 rings (SSSR count). The number of phosphoric acid groups is 1. The van der Waals surface area contributed by atoms with Gasteiger partial charge >= 0.3 is 19.8 Å². The predicted octanol–water partition coefficient (Wildman–Crippen LogP) is 7.92. The van der Waals surface area contributed by atoms with Gasteiger partial charge in [-0.3, -0.25) is 18.6 Å². The van der Waals surface area contributed by atoms with E-state index in [1.165, 1.54) is 38.5 Å². The largest absolute Gasteiger partial charge is 0.472 e. The van der Waals surface area contributed by atoms with Crippen LogP contribution in [0.1, 0.15) is 161 Å². The van der Waals surface area contributed by atoms with Gasteiger partial charge in [0.15, 0.2) is 6.10 Å². The average Bonchev–Trinajstić information content (AvgIpc) is 3.25. The van der Waals surface area contributed by atoms with Gasteiger partial charge in [-0.25, -0.2) is 4.57 Å². The van der Waals surface area contributed by atoms with Crippen molar-refractivity contribution < 1.29 is 68.2 Å². The predicted molar refractivity (Wildman–Crippen MR) is 241 cm³/mol. The molecule has 0 aromatic carbocycles. The first-order valence-electron chi connectivity index (χ1n) is 23.2. The number of allylic oxidation sites excluding steroid dienone is 10. The minimum absolute atomic E-state index is 0.0675. The third-order valence-corrected chi connectivity index (χ3v) is 11.4. The van der Waals surface area contributed by atoms with E-state index in [0.717, 1.165) is 83.5 Å². The van der Waals surface area contributed by atoms with Crippen LogP contribution in [0.4, 0.5) is 0 Å². The normalized spacial score (nSPS) is 22.4. The first-order valence-corrected chi connectivity index (χ1v) is 24.7. The van der Waals surface area contributed by atoms with Gasteiger partial charge in [-0.15, -0.1) is 0 Å². The summed E-state index contributed by atoms with van der Waals surface area (Å²) in [5.41, 5.74) is 0. The molecule has 1 saturated carbocycles. The second kappa shape index (κ2) is 37.8. The number of hydrogen-bond donors (Lipinski definition) is 7. The zero-order valence-electron chi connectivity index (χ0n) is 37.3. The molecule has 1 aliphatic carbocycles. The number of aliphatic hydroxyl groups is 6. The Morgan fingerprint density at radius 3 is 1.48 bits per heavy atom. The molecule has 0 bridgehead atoms. The van der Waals surface area contributed by atoms with Gasteiger partial charge in [0.2, 0.25) is 0 Å². The van der Waals surface area contributed by atoms with Crippen molar-refractivity contribution in [3.05, 3.63) is 60.8 Å². The number of hydrogen-bond acceptors (Lipinski definition) is 13. The molecular formula is C47H81O14P. The topological polar surface area (TPSA) is 230 Å². The molecule has 0 saturated heterocycles. The molecule has 0 amide bonds. The van der Waals surface area contributed by atoms with E-state index in [9.17, 15) is 44.6 Å². The highest BCUT2D eigenvalue weighted by molar-refractivity contribution is 7.47. The monoisotopic (exact) mass is 901 g/mol. The van der Waals surface area contributed by atoms with Crippen LogP contribution in [0.5, 0.6) is 0 Å². The van der Waals surface area contributed by atoms with Crippen LogP contribution in [0, 0.1) is 0 Å². The van der Waals surface area contributed by atoms with Crippen molar-refractivity contribution in [3.63, 3.8) is 0 Å². The summed E-state index contributed by atoms with van der Waals surface area (Å²) in [6, 6.07) is 0. The standard InChI is InChI=1S/C47H81O14P/c1-2-3-4-5-6-7-8-9-13-17-20-23-26-29-32-35-41(50)60-39(38-59-62(56,57)61-47-45(54)43(52)42(51)44(53)46(47)55)37-58-40(49)34-31-28-25-22-19-16-14-11-10-12-15-18-21-24-27-30-33-36-48/h9-10,12-14,16,18,21-22,25,39,42-48,51-55H,2-8,11,15,17,19-20,23-24,26-38H2,1H3,(H,56,57)/b12-10-,13-9-,16-14-,21-18-,25-22-/t39-,42?,43-,44+,45-,46-,47?/m1/s1. The number of carbonyl (C=O) groups excluding carboxylic acids is 2. The van der Waals surface area contributed by atoms with E-state index in [1.807, 2.05) is 12.2 Å². The van der Waals surface area contributed by atoms with Crippen LogP contribution in [0.15, 0.2) is 60.8 Å². The third-order valence-electron chi connectivity index (χ3n) is 10.4. The summed E-state index contributed by atoms with van der Waals surface area (Å²) in [5, 5.41) is 58.9.